The number of fused-ring (bicyclic) bond motifs is 1. The van der Waals surface area contributed by atoms with Crippen molar-refractivity contribution >= 4 is 22.2 Å². The standard InChI is InChI=1S/C20H17N3O2S/c1-13-7-9-14(10-8-13)18-21-15(12-26-18)11-23-19(24)16-5-3-4-6-17(16)22(2)20(23)25/h3-10,12H,11H2,1-2H3. The third-order valence-electron chi connectivity index (χ3n) is 4.43. The molecule has 0 amide bonds. The minimum Gasteiger partial charge on any atom is -0.296 e. The van der Waals surface area contributed by atoms with Crippen LogP contribution in [-0.2, 0) is 13.6 Å². The number of nitrogens with zero attached hydrogens (tertiary/aromatic N) is 3. The van der Waals surface area contributed by atoms with Gasteiger partial charge in [0, 0.05) is 18.0 Å². The summed E-state index contributed by atoms with van der Waals surface area (Å²) in [6.45, 7) is 2.21. The fourth-order valence-corrected chi connectivity index (χ4v) is 3.79. The first-order valence-corrected chi connectivity index (χ1v) is 9.12. The Morgan fingerprint density at radius 2 is 1.77 bits per heavy atom. The van der Waals surface area contributed by atoms with Crippen molar-refractivity contribution in [2.75, 3.05) is 0 Å². The Hall–Kier alpha value is -2.99. The average Bonchev–Trinajstić information content (AvgIpc) is 3.13. The Bertz CT molecular complexity index is 1220. The molecule has 0 aliphatic heterocycles. The molecule has 2 aromatic carbocycles. The molecule has 4 aromatic rings. The van der Waals surface area contributed by atoms with Crippen molar-refractivity contribution in [1.82, 2.24) is 14.1 Å². The summed E-state index contributed by atoms with van der Waals surface area (Å²) in [4.78, 5) is 30.0. The summed E-state index contributed by atoms with van der Waals surface area (Å²) in [7, 11) is 1.68. The van der Waals surface area contributed by atoms with Gasteiger partial charge in [0.05, 0.1) is 23.1 Å². The van der Waals surface area contributed by atoms with E-state index >= 15 is 0 Å². The number of thiazole rings is 1. The second kappa shape index (κ2) is 6.38. The predicted molar refractivity (Wildman–Crippen MR) is 105 cm³/mol. The Morgan fingerprint density at radius 1 is 1.04 bits per heavy atom. The van der Waals surface area contributed by atoms with Gasteiger partial charge in [-0.2, -0.15) is 0 Å². The first kappa shape index (κ1) is 16.5. The van der Waals surface area contributed by atoms with Crippen molar-refractivity contribution in [3.63, 3.8) is 0 Å². The molecule has 0 radical (unpaired) electrons. The lowest BCUT2D eigenvalue weighted by Crippen LogP contribution is -2.39. The normalized spacial score (nSPS) is 11.2. The lowest BCUT2D eigenvalue weighted by molar-refractivity contribution is 0.653. The van der Waals surface area contributed by atoms with E-state index in [-0.39, 0.29) is 17.8 Å². The van der Waals surface area contributed by atoms with Gasteiger partial charge in [0.25, 0.3) is 5.56 Å². The van der Waals surface area contributed by atoms with Crippen LogP contribution in [0.15, 0.2) is 63.5 Å². The van der Waals surface area contributed by atoms with Crippen molar-refractivity contribution < 1.29 is 0 Å². The zero-order valence-electron chi connectivity index (χ0n) is 14.5. The van der Waals surface area contributed by atoms with Crippen LogP contribution in [-0.4, -0.2) is 14.1 Å². The summed E-state index contributed by atoms with van der Waals surface area (Å²) in [5, 5.41) is 3.31. The van der Waals surface area contributed by atoms with Crippen molar-refractivity contribution in [3.05, 3.63) is 86.0 Å². The van der Waals surface area contributed by atoms with Crippen molar-refractivity contribution in [1.29, 1.82) is 0 Å². The second-order valence-corrected chi connectivity index (χ2v) is 7.12. The minimum absolute atomic E-state index is 0.165. The molecule has 0 atom stereocenters. The van der Waals surface area contributed by atoms with Crippen LogP contribution in [0, 0.1) is 6.92 Å². The number of aryl methyl sites for hydroxylation is 2. The molecule has 0 saturated heterocycles. The van der Waals surface area contributed by atoms with Crippen molar-refractivity contribution in [3.8, 4) is 10.6 Å². The van der Waals surface area contributed by atoms with Crippen LogP contribution in [0.25, 0.3) is 21.5 Å². The molecule has 4 rings (SSSR count). The van der Waals surface area contributed by atoms with E-state index in [1.54, 1.807) is 25.2 Å². The van der Waals surface area contributed by atoms with Gasteiger partial charge in [-0.15, -0.1) is 11.3 Å². The summed E-state index contributed by atoms with van der Waals surface area (Å²) >= 11 is 1.51. The quantitative estimate of drug-likeness (QED) is 0.562. The Morgan fingerprint density at radius 3 is 2.54 bits per heavy atom. The lowest BCUT2D eigenvalue weighted by atomic mass is 10.2. The summed E-state index contributed by atoms with van der Waals surface area (Å²) in [5.74, 6) is 0. The molecule has 2 aromatic heterocycles. The van der Waals surface area contributed by atoms with E-state index in [1.807, 2.05) is 42.6 Å². The fourth-order valence-electron chi connectivity index (χ4n) is 2.97. The Kier molecular flexibility index (Phi) is 4.05. The third kappa shape index (κ3) is 2.78. The van der Waals surface area contributed by atoms with Crippen molar-refractivity contribution in [2.45, 2.75) is 13.5 Å². The highest BCUT2D eigenvalue weighted by molar-refractivity contribution is 7.13. The zero-order chi connectivity index (χ0) is 18.3. The van der Waals surface area contributed by atoms with E-state index in [0.717, 1.165) is 10.6 Å². The van der Waals surface area contributed by atoms with E-state index < -0.39 is 0 Å². The SMILES string of the molecule is Cc1ccc(-c2nc(Cn3c(=O)c4ccccc4n(C)c3=O)cs2)cc1. The smallest absolute Gasteiger partial charge is 0.296 e. The van der Waals surface area contributed by atoms with Gasteiger partial charge in [-0.25, -0.2) is 9.78 Å². The topological polar surface area (TPSA) is 56.9 Å². The molecular weight excluding hydrogens is 346 g/mol. The number of rotatable bonds is 3. The molecule has 0 saturated carbocycles. The number of aromatic nitrogens is 3. The van der Waals surface area contributed by atoms with E-state index in [1.165, 1.54) is 26.0 Å². The van der Waals surface area contributed by atoms with E-state index in [0.29, 0.717) is 16.6 Å². The molecule has 130 valence electrons. The van der Waals surface area contributed by atoms with E-state index in [4.69, 9.17) is 0 Å². The number of para-hydroxylation sites is 1. The lowest BCUT2D eigenvalue weighted by Gasteiger charge is -2.09. The van der Waals surface area contributed by atoms with Crippen LogP contribution >= 0.6 is 11.3 Å². The maximum Gasteiger partial charge on any atom is 0.331 e. The average molecular weight is 363 g/mol. The first-order chi connectivity index (χ1) is 12.5. The fraction of sp³-hybridized carbons (Fsp3) is 0.150. The summed E-state index contributed by atoms with van der Waals surface area (Å²) in [5.41, 5.74) is 2.95. The molecule has 2 heterocycles. The maximum absolute atomic E-state index is 12.7. The van der Waals surface area contributed by atoms with Gasteiger partial charge < -0.3 is 0 Å². The summed E-state index contributed by atoms with van der Waals surface area (Å²) in [6, 6.07) is 15.3. The van der Waals surface area contributed by atoms with Gasteiger partial charge in [-0.1, -0.05) is 42.0 Å². The van der Waals surface area contributed by atoms with Crippen LogP contribution in [0.5, 0.6) is 0 Å². The summed E-state index contributed by atoms with van der Waals surface area (Å²) < 4.78 is 2.75. The molecule has 0 unspecified atom stereocenters. The van der Waals surface area contributed by atoms with Gasteiger partial charge in [0.1, 0.15) is 5.01 Å². The molecule has 5 nitrogen and oxygen atoms in total. The number of benzene rings is 2. The number of hydrogen-bond donors (Lipinski definition) is 0. The third-order valence-corrected chi connectivity index (χ3v) is 5.37. The van der Waals surface area contributed by atoms with E-state index in [9.17, 15) is 9.59 Å². The molecule has 0 aliphatic rings. The van der Waals surface area contributed by atoms with Gasteiger partial charge >= 0.3 is 5.69 Å². The zero-order valence-corrected chi connectivity index (χ0v) is 15.3. The highest BCUT2D eigenvalue weighted by Gasteiger charge is 2.13. The first-order valence-electron chi connectivity index (χ1n) is 8.24. The molecular formula is C20H17N3O2S. The molecule has 6 heteroatoms. The molecule has 0 bridgehead atoms. The Balaban J connectivity index is 1.76. The van der Waals surface area contributed by atoms with Gasteiger partial charge in [0.15, 0.2) is 0 Å². The van der Waals surface area contributed by atoms with Crippen LogP contribution < -0.4 is 11.2 Å². The molecule has 26 heavy (non-hydrogen) atoms. The monoisotopic (exact) mass is 363 g/mol. The van der Waals surface area contributed by atoms with E-state index in [2.05, 4.69) is 4.98 Å². The van der Waals surface area contributed by atoms with Crippen LogP contribution in [0.1, 0.15) is 11.3 Å². The van der Waals surface area contributed by atoms with Gasteiger partial charge in [-0.05, 0) is 19.1 Å². The number of hydrogen-bond acceptors (Lipinski definition) is 4. The molecule has 0 spiro atoms. The molecule has 0 aliphatic carbocycles. The maximum atomic E-state index is 12.7. The highest BCUT2D eigenvalue weighted by atomic mass is 32.1. The van der Waals surface area contributed by atoms with Gasteiger partial charge in [-0.3, -0.25) is 13.9 Å². The van der Waals surface area contributed by atoms with Gasteiger partial charge in [0.2, 0.25) is 0 Å². The second-order valence-electron chi connectivity index (χ2n) is 6.26. The predicted octanol–water partition coefficient (Wildman–Crippen LogP) is 3.18. The minimum atomic E-state index is -0.335. The van der Waals surface area contributed by atoms with Crippen LogP contribution in [0.3, 0.4) is 0 Å². The van der Waals surface area contributed by atoms with Crippen molar-refractivity contribution in [2.24, 2.45) is 7.05 Å². The van der Waals surface area contributed by atoms with Crippen LogP contribution in [0.2, 0.25) is 0 Å². The highest BCUT2D eigenvalue weighted by Crippen LogP contribution is 2.24. The Labute approximate surface area is 153 Å². The largest absolute Gasteiger partial charge is 0.331 e. The molecule has 0 N–H and O–H groups in total. The summed E-state index contributed by atoms with van der Waals surface area (Å²) in [6.07, 6.45) is 0. The van der Waals surface area contributed by atoms with Crippen LogP contribution in [0.4, 0.5) is 0 Å². The molecule has 0 fully saturated rings.